The Morgan fingerprint density at radius 2 is 0.964 bits per heavy atom. The minimum atomic E-state index is -4.56. The van der Waals surface area contributed by atoms with Gasteiger partial charge >= 0.3 is 6.18 Å². The Bertz CT molecular complexity index is 2540. The lowest BCUT2D eigenvalue weighted by Crippen LogP contribution is -2.26. The number of aromatic nitrogens is 2. The molecule has 7 rings (SSSR count). The van der Waals surface area contributed by atoms with E-state index in [2.05, 4.69) is 19.4 Å². The summed E-state index contributed by atoms with van der Waals surface area (Å²) in [4.78, 5) is 7.12. The van der Waals surface area contributed by atoms with Gasteiger partial charge in [0, 0.05) is 56.3 Å². The second kappa shape index (κ2) is 15.5. The summed E-state index contributed by atoms with van der Waals surface area (Å²) < 4.78 is 99.6. The van der Waals surface area contributed by atoms with Crippen molar-refractivity contribution in [3.05, 3.63) is 165 Å². The molecule has 55 heavy (non-hydrogen) atoms. The van der Waals surface area contributed by atoms with E-state index in [1.165, 1.54) is 60.7 Å². The molecule has 0 unspecified atom stereocenters. The Morgan fingerprint density at radius 3 is 1.36 bits per heavy atom. The number of rotatable bonds is 13. The van der Waals surface area contributed by atoms with Crippen molar-refractivity contribution in [2.24, 2.45) is 0 Å². The number of sulfonamides is 2. The molecular formula is C40H33Cl2F3N4O4S2. The maximum Gasteiger partial charge on any atom is 0.416 e. The van der Waals surface area contributed by atoms with Gasteiger partial charge in [0.15, 0.2) is 0 Å². The van der Waals surface area contributed by atoms with E-state index in [1.54, 1.807) is 0 Å². The zero-order chi connectivity index (χ0) is 39.0. The molecule has 0 spiro atoms. The zero-order valence-electron chi connectivity index (χ0n) is 28.8. The maximum absolute atomic E-state index is 13.8. The molecule has 0 aliphatic heterocycles. The van der Waals surface area contributed by atoms with Gasteiger partial charge in [-0.05, 0) is 102 Å². The normalized spacial score (nSPS) is 12.6. The minimum Gasteiger partial charge on any atom is -0.357 e. The Morgan fingerprint density at radius 1 is 0.564 bits per heavy atom. The smallest absolute Gasteiger partial charge is 0.357 e. The van der Waals surface area contributed by atoms with Crippen LogP contribution in [-0.4, -0.2) is 39.9 Å². The second-order valence-corrected chi connectivity index (χ2v) is 17.3. The minimum absolute atomic E-state index is 0.00553. The number of hydrogen-bond acceptors (Lipinski definition) is 4. The first-order valence-corrected chi connectivity index (χ1v) is 20.8. The first-order valence-electron chi connectivity index (χ1n) is 17.1. The van der Waals surface area contributed by atoms with Gasteiger partial charge in [0.25, 0.3) is 0 Å². The van der Waals surface area contributed by atoms with E-state index in [1.807, 2.05) is 48.5 Å². The van der Waals surface area contributed by atoms with Gasteiger partial charge in [-0.2, -0.15) is 13.2 Å². The van der Waals surface area contributed by atoms with Crippen molar-refractivity contribution in [2.45, 2.75) is 34.7 Å². The molecule has 0 fully saturated rings. The van der Waals surface area contributed by atoms with Crippen LogP contribution in [0.2, 0.25) is 10.0 Å². The quantitative estimate of drug-likeness (QED) is 0.0926. The molecule has 0 atom stereocenters. The van der Waals surface area contributed by atoms with Gasteiger partial charge in [0.05, 0.1) is 21.3 Å². The van der Waals surface area contributed by atoms with Crippen LogP contribution in [0.25, 0.3) is 21.8 Å². The topological polar surface area (TPSA) is 124 Å². The summed E-state index contributed by atoms with van der Waals surface area (Å²) in [6, 6.07) is 31.5. The highest BCUT2D eigenvalue weighted by Crippen LogP contribution is 2.41. The number of hydrogen-bond donors (Lipinski definition) is 4. The summed E-state index contributed by atoms with van der Waals surface area (Å²) in [6.45, 7) is 0.0111. The predicted molar refractivity (Wildman–Crippen MR) is 210 cm³/mol. The van der Waals surface area contributed by atoms with E-state index < -0.39 is 37.7 Å². The lowest BCUT2D eigenvalue weighted by atomic mass is 9.86. The van der Waals surface area contributed by atoms with Crippen LogP contribution in [0.4, 0.5) is 13.2 Å². The van der Waals surface area contributed by atoms with E-state index in [-0.39, 0.29) is 35.7 Å². The Labute approximate surface area is 325 Å². The van der Waals surface area contributed by atoms with Gasteiger partial charge in [-0.25, -0.2) is 26.3 Å². The summed E-state index contributed by atoms with van der Waals surface area (Å²) >= 11 is 11.9. The number of benzene rings is 5. The van der Waals surface area contributed by atoms with Crippen molar-refractivity contribution in [1.29, 1.82) is 0 Å². The third kappa shape index (κ3) is 8.32. The average molecular weight is 826 g/mol. The van der Waals surface area contributed by atoms with Crippen molar-refractivity contribution in [3.63, 3.8) is 0 Å². The van der Waals surface area contributed by atoms with Gasteiger partial charge < -0.3 is 9.97 Å². The largest absolute Gasteiger partial charge is 0.416 e. The van der Waals surface area contributed by atoms with Crippen LogP contribution in [0.15, 0.2) is 131 Å². The van der Waals surface area contributed by atoms with Crippen LogP contribution in [0.5, 0.6) is 0 Å². The third-order valence-corrected chi connectivity index (χ3v) is 12.9. The highest BCUT2D eigenvalue weighted by molar-refractivity contribution is 7.89. The number of fused-ring (bicyclic) bond motifs is 2. The number of aromatic amines is 2. The maximum atomic E-state index is 13.8. The standard InChI is InChI=1S/C40H33Cl2F3N4O4S2/c41-27-13-17-29(18-14-27)54(50,51)46-23-21-33-31-5-1-3-7-35(31)48-38(33)37(25-9-11-26(12-10-25)40(43,44)45)39-34(32-6-2-4-8-36(32)49-39)22-24-47-55(52,53)30-19-15-28(42)16-20-30/h1-20,37,46-49H,21-24H2. The summed E-state index contributed by atoms with van der Waals surface area (Å²) in [7, 11) is -7.81. The summed E-state index contributed by atoms with van der Waals surface area (Å²) in [6.07, 6.45) is -4.12. The zero-order valence-corrected chi connectivity index (χ0v) is 31.9. The highest BCUT2D eigenvalue weighted by atomic mass is 35.5. The Balaban J connectivity index is 1.32. The van der Waals surface area contributed by atoms with Gasteiger partial charge in [0.1, 0.15) is 0 Å². The molecule has 8 nitrogen and oxygen atoms in total. The van der Waals surface area contributed by atoms with E-state index in [9.17, 15) is 30.0 Å². The molecule has 0 aliphatic rings. The van der Waals surface area contributed by atoms with E-state index in [0.29, 0.717) is 27.0 Å². The molecule has 4 N–H and O–H groups in total. The first-order chi connectivity index (χ1) is 26.2. The molecule has 0 saturated heterocycles. The Hall–Kier alpha value is -4.63. The highest BCUT2D eigenvalue weighted by Gasteiger charge is 2.32. The number of alkyl halides is 3. The van der Waals surface area contributed by atoms with Crippen LogP contribution in [0.1, 0.15) is 39.6 Å². The first kappa shape index (κ1) is 38.6. The molecule has 15 heteroatoms. The Kier molecular flexibility index (Phi) is 10.9. The van der Waals surface area contributed by atoms with Crippen LogP contribution in [-0.2, 0) is 39.1 Å². The van der Waals surface area contributed by atoms with Crippen molar-refractivity contribution in [3.8, 4) is 0 Å². The summed E-state index contributed by atoms with van der Waals surface area (Å²) in [5, 5.41) is 2.42. The number of nitrogens with one attached hydrogen (secondary N) is 4. The van der Waals surface area contributed by atoms with E-state index >= 15 is 0 Å². The molecule has 0 aliphatic carbocycles. The lowest BCUT2D eigenvalue weighted by Gasteiger charge is -2.21. The second-order valence-electron chi connectivity index (χ2n) is 12.9. The molecule has 284 valence electrons. The summed E-state index contributed by atoms with van der Waals surface area (Å²) in [5.74, 6) is -0.715. The molecule has 7 aromatic rings. The molecule has 2 heterocycles. The average Bonchev–Trinajstić information content (AvgIpc) is 3.70. The molecule has 0 amide bonds. The molecule has 0 radical (unpaired) electrons. The lowest BCUT2D eigenvalue weighted by molar-refractivity contribution is -0.137. The number of para-hydroxylation sites is 2. The predicted octanol–water partition coefficient (Wildman–Crippen LogP) is 9.20. The van der Waals surface area contributed by atoms with Gasteiger partial charge in [-0.3, -0.25) is 0 Å². The van der Waals surface area contributed by atoms with Crippen LogP contribution in [0, 0.1) is 0 Å². The molecule has 5 aromatic carbocycles. The SMILES string of the molecule is O=S(=O)(NCCc1c(C(c2ccc(C(F)(F)F)cc2)c2[nH]c3ccccc3c2CCNS(=O)(=O)c2ccc(Cl)cc2)[nH]c2ccccc12)c1ccc(Cl)cc1. The molecule has 2 aromatic heterocycles. The van der Waals surface area contributed by atoms with Crippen molar-refractivity contribution in [2.75, 3.05) is 13.1 Å². The van der Waals surface area contributed by atoms with Crippen molar-refractivity contribution in [1.82, 2.24) is 19.4 Å². The van der Waals surface area contributed by atoms with Crippen LogP contribution >= 0.6 is 23.2 Å². The van der Waals surface area contributed by atoms with Crippen molar-refractivity contribution < 1.29 is 30.0 Å². The van der Waals surface area contributed by atoms with E-state index in [4.69, 9.17) is 23.2 Å². The van der Waals surface area contributed by atoms with Gasteiger partial charge in [0.2, 0.25) is 20.0 Å². The fourth-order valence-electron chi connectivity index (χ4n) is 6.83. The summed E-state index contributed by atoms with van der Waals surface area (Å²) in [5.41, 5.74) is 4.01. The molecule has 0 saturated carbocycles. The fourth-order valence-corrected chi connectivity index (χ4v) is 9.15. The molecular weight excluding hydrogens is 792 g/mol. The van der Waals surface area contributed by atoms with Crippen molar-refractivity contribution >= 4 is 65.1 Å². The number of H-pyrrole nitrogens is 2. The van der Waals surface area contributed by atoms with Gasteiger partial charge in [-0.1, -0.05) is 71.7 Å². The third-order valence-electron chi connectivity index (χ3n) is 9.42. The van der Waals surface area contributed by atoms with Crippen LogP contribution < -0.4 is 9.44 Å². The van der Waals surface area contributed by atoms with Gasteiger partial charge in [-0.15, -0.1) is 0 Å². The number of halogens is 5. The molecule has 0 bridgehead atoms. The van der Waals surface area contributed by atoms with Crippen LogP contribution in [0.3, 0.4) is 0 Å². The fraction of sp³-hybridized carbons (Fsp3) is 0.150. The van der Waals surface area contributed by atoms with E-state index in [0.717, 1.165) is 45.1 Å². The monoisotopic (exact) mass is 824 g/mol.